The third-order valence-corrected chi connectivity index (χ3v) is 12.7. The molecule has 15 heteroatoms. The molecule has 2 atom stereocenters. The monoisotopic (exact) mass is 842 g/mol. The maximum Gasteiger partial charge on any atom is 0.323 e. The first-order valence-corrected chi connectivity index (χ1v) is 20.5. The molecule has 59 heavy (non-hydrogen) atoms. The number of carboxylic acids is 1. The standard InChI is InChI=1S/C44H45Cl2FN6O6/c1-25(23-54)53-18-14-34-33(22-53)50-41(52(34)2)42(55)51-32-11-4-10-30(38(32)45)27-8-3-9-29-28(27)12-13-35(29)59-37-19-36(58-24-26-7-5-17-48-20-26)31(40(47)39(37)46)21-49-44(43(56)57)15-6-16-44/h3-5,7-11,17,19-20,25,35,49,54H,6,12-16,18,21-24H2,1-2H3,(H,51,55)(H,56,57). The van der Waals surface area contributed by atoms with Crippen molar-refractivity contribution in [3.8, 4) is 22.6 Å². The van der Waals surface area contributed by atoms with Crippen LogP contribution in [0.3, 0.4) is 0 Å². The topological polar surface area (TPSA) is 151 Å². The molecule has 0 radical (unpaired) electrons. The molecule has 0 bridgehead atoms. The van der Waals surface area contributed by atoms with Crippen LogP contribution in [0.5, 0.6) is 11.5 Å². The van der Waals surface area contributed by atoms with Gasteiger partial charge in [-0.05, 0) is 67.9 Å². The van der Waals surface area contributed by atoms with E-state index in [0.717, 1.165) is 58.6 Å². The Hall–Kier alpha value is -5.05. The molecule has 3 heterocycles. The van der Waals surface area contributed by atoms with Gasteiger partial charge < -0.3 is 29.6 Å². The Kier molecular flexibility index (Phi) is 11.7. The SMILES string of the molecule is CC(CO)N1CCc2c(nc(C(=O)Nc3cccc(-c4cccc5c4CCC5Oc4cc(OCc5cccnc5)c(CNC5(C(=O)O)CCC5)c(F)c4Cl)c3Cl)n2C)C1. The zero-order valence-corrected chi connectivity index (χ0v) is 34.2. The quantitative estimate of drug-likeness (QED) is 0.0878. The van der Waals surface area contributed by atoms with E-state index >= 15 is 4.39 Å². The molecule has 4 N–H and O–H groups in total. The smallest absolute Gasteiger partial charge is 0.323 e. The second kappa shape index (κ2) is 16.9. The van der Waals surface area contributed by atoms with E-state index in [0.29, 0.717) is 42.9 Å². The second-order valence-corrected chi connectivity index (χ2v) is 16.3. The summed E-state index contributed by atoms with van der Waals surface area (Å²) >= 11 is 13.8. The summed E-state index contributed by atoms with van der Waals surface area (Å²) in [6, 6.07) is 16.5. The van der Waals surface area contributed by atoms with Crippen LogP contribution < -0.4 is 20.1 Å². The van der Waals surface area contributed by atoms with Crippen molar-refractivity contribution >= 4 is 40.8 Å². The number of amides is 1. The number of imidazole rings is 1. The van der Waals surface area contributed by atoms with E-state index in [2.05, 4.69) is 20.5 Å². The van der Waals surface area contributed by atoms with E-state index in [1.165, 1.54) is 0 Å². The minimum Gasteiger partial charge on any atom is -0.488 e. The van der Waals surface area contributed by atoms with Crippen molar-refractivity contribution in [2.24, 2.45) is 7.05 Å². The lowest BCUT2D eigenvalue weighted by molar-refractivity contribution is -0.148. The van der Waals surface area contributed by atoms with Crippen LogP contribution in [-0.4, -0.2) is 66.3 Å². The van der Waals surface area contributed by atoms with Crippen molar-refractivity contribution < 1.29 is 33.7 Å². The fraction of sp³-hybridized carbons (Fsp3) is 0.364. The number of aliphatic hydroxyl groups excluding tert-OH is 1. The molecule has 0 spiro atoms. The van der Waals surface area contributed by atoms with Crippen LogP contribution in [0.15, 0.2) is 67.0 Å². The fourth-order valence-electron chi connectivity index (χ4n) is 8.30. The molecule has 2 aromatic heterocycles. The van der Waals surface area contributed by atoms with Crippen molar-refractivity contribution in [3.63, 3.8) is 0 Å². The van der Waals surface area contributed by atoms with Crippen LogP contribution in [0.4, 0.5) is 10.1 Å². The molecule has 2 aliphatic carbocycles. The first kappa shape index (κ1) is 40.7. The third kappa shape index (κ3) is 7.89. The Morgan fingerprint density at radius 1 is 1.07 bits per heavy atom. The number of ether oxygens (including phenoxy) is 2. The summed E-state index contributed by atoms with van der Waals surface area (Å²) in [6.45, 7) is 3.32. The first-order valence-electron chi connectivity index (χ1n) is 19.8. The van der Waals surface area contributed by atoms with E-state index in [-0.39, 0.29) is 59.6 Å². The largest absolute Gasteiger partial charge is 0.488 e. The summed E-state index contributed by atoms with van der Waals surface area (Å²) in [5.41, 5.74) is 5.51. The lowest BCUT2D eigenvalue weighted by atomic mass is 9.76. The Morgan fingerprint density at radius 2 is 1.86 bits per heavy atom. The second-order valence-electron chi connectivity index (χ2n) is 15.5. The van der Waals surface area contributed by atoms with E-state index in [1.54, 1.807) is 30.6 Å². The summed E-state index contributed by atoms with van der Waals surface area (Å²) in [5.74, 6) is -1.55. The van der Waals surface area contributed by atoms with Crippen LogP contribution in [-0.2, 0) is 44.4 Å². The number of pyridine rings is 1. The molecule has 1 aliphatic heterocycles. The fourth-order valence-corrected chi connectivity index (χ4v) is 8.79. The summed E-state index contributed by atoms with van der Waals surface area (Å²) in [5, 5.41) is 25.7. The van der Waals surface area contributed by atoms with Crippen molar-refractivity contribution in [3.05, 3.63) is 122 Å². The molecule has 1 saturated carbocycles. The summed E-state index contributed by atoms with van der Waals surface area (Å²) in [4.78, 5) is 36.7. The van der Waals surface area contributed by atoms with E-state index < -0.39 is 23.4 Å². The molecule has 0 saturated heterocycles. The number of halogens is 3. The number of fused-ring (bicyclic) bond motifs is 2. The Morgan fingerprint density at radius 3 is 2.59 bits per heavy atom. The number of carbonyl (C=O) groups excluding carboxylic acids is 1. The van der Waals surface area contributed by atoms with Gasteiger partial charge in [0, 0.05) is 80.0 Å². The van der Waals surface area contributed by atoms with Gasteiger partial charge in [-0.15, -0.1) is 0 Å². The number of hydrogen-bond donors (Lipinski definition) is 4. The lowest BCUT2D eigenvalue weighted by Crippen LogP contribution is -2.56. The molecule has 1 amide bonds. The van der Waals surface area contributed by atoms with Gasteiger partial charge in [-0.3, -0.25) is 24.8 Å². The van der Waals surface area contributed by atoms with Crippen LogP contribution in [0.25, 0.3) is 11.1 Å². The highest BCUT2D eigenvalue weighted by molar-refractivity contribution is 6.36. The van der Waals surface area contributed by atoms with Crippen molar-refractivity contribution in [2.75, 3.05) is 18.5 Å². The molecule has 8 rings (SSSR count). The third-order valence-electron chi connectivity index (χ3n) is 12.0. The number of nitrogens with zero attached hydrogens (tertiary/aromatic N) is 4. The molecule has 1 fully saturated rings. The van der Waals surface area contributed by atoms with Gasteiger partial charge in [0.05, 0.1) is 23.0 Å². The molecule has 5 aromatic rings. The van der Waals surface area contributed by atoms with E-state index in [4.69, 9.17) is 37.7 Å². The molecule has 12 nitrogen and oxygen atoms in total. The van der Waals surface area contributed by atoms with Gasteiger partial charge in [-0.1, -0.05) is 59.6 Å². The lowest BCUT2D eigenvalue weighted by Gasteiger charge is -2.38. The van der Waals surface area contributed by atoms with E-state index in [9.17, 15) is 19.8 Å². The number of aromatic nitrogens is 3. The molecule has 308 valence electrons. The summed E-state index contributed by atoms with van der Waals surface area (Å²) in [7, 11) is 1.84. The van der Waals surface area contributed by atoms with Crippen molar-refractivity contribution in [2.45, 2.75) is 82.8 Å². The highest BCUT2D eigenvalue weighted by Gasteiger charge is 2.44. The Labute approximate surface area is 351 Å². The molecule has 2 unspecified atom stereocenters. The number of rotatable bonds is 14. The minimum absolute atomic E-state index is 0.00574. The number of nitrogens with one attached hydrogen (secondary N) is 2. The number of benzene rings is 3. The van der Waals surface area contributed by atoms with Gasteiger partial charge in [0.15, 0.2) is 11.6 Å². The molecule has 3 aliphatic rings. The molecule has 3 aromatic carbocycles. The van der Waals surface area contributed by atoms with Gasteiger partial charge in [-0.2, -0.15) is 0 Å². The van der Waals surface area contributed by atoms with Crippen molar-refractivity contribution in [1.29, 1.82) is 0 Å². The summed E-state index contributed by atoms with van der Waals surface area (Å²) < 4.78 is 30.7. The summed E-state index contributed by atoms with van der Waals surface area (Å²) in [6.07, 6.45) is 6.40. The molecular formula is C44H45Cl2FN6O6. The number of aliphatic hydroxyl groups is 1. The number of carboxylic acid groups (broad SMARTS) is 1. The van der Waals surface area contributed by atoms with Crippen LogP contribution in [0.1, 0.15) is 83.0 Å². The zero-order valence-electron chi connectivity index (χ0n) is 32.7. The maximum atomic E-state index is 16.3. The number of anilines is 1. The average Bonchev–Trinajstić information content (AvgIpc) is 3.79. The minimum atomic E-state index is -1.13. The van der Waals surface area contributed by atoms with Gasteiger partial charge in [-0.25, -0.2) is 9.37 Å². The number of carbonyl (C=O) groups is 2. The van der Waals surface area contributed by atoms with Crippen LogP contribution in [0.2, 0.25) is 10.0 Å². The Balaban J connectivity index is 1.04. The predicted molar refractivity (Wildman–Crippen MR) is 221 cm³/mol. The first-order chi connectivity index (χ1) is 28.5. The average molecular weight is 844 g/mol. The maximum absolute atomic E-state index is 16.3. The zero-order chi connectivity index (χ0) is 41.4. The van der Waals surface area contributed by atoms with Crippen LogP contribution >= 0.6 is 23.2 Å². The van der Waals surface area contributed by atoms with Gasteiger partial charge in [0.2, 0.25) is 0 Å². The number of hydrogen-bond acceptors (Lipinski definition) is 9. The van der Waals surface area contributed by atoms with Crippen molar-refractivity contribution in [1.82, 2.24) is 24.8 Å². The van der Waals surface area contributed by atoms with Gasteiger partial charge in [0.25, 0.3) is 5.91 Å². The van der Waals surface area contributed by atoms with Gasteiger partial charge in [0.1, 0.15) is 34.8 Å². The number of aliphatic carboxylic acids is 1. The highest BCUT2D eigenvalue weighted by atomic mass is 35.5. The predicted octanol–water partition coefficient (Wildman–Crippen LogP) is 7.66. The molecular weight excluding hydrogens is 798 g/mol. The van der Waals surface area contributed by atoms with Crippen LogP contribution in [0, 0.1) is 5.82 Å². The van der Waals surface area contributed by atoms with Gasteiger partial charge >= 0.3 is 5.97 Å². The Bertz CT molecular complexity index is 2410. The van der Waals surface area contributed by atoms with E-state index in [1.807, 2.05) is 54.9 Å². The normalized spacial score (nSPS) is 17.4. The highest BCUT2D eigenvalue weighted by Crippen LogP contribution is 2.46.